The third-order valence-corrected chi connectivity index (χ3v) is 10.2. The maximum absolute atomic E-state index is 6.59. The molecular weight excluding hydrogens is 316 g/mol. The van der Waals surface area contributed by atoms with Gasteiger partial charge in [-0.25, -0.2) is 0 Å². The number of fused-ring (bicyclic) bond motifs is 1. The fraction of sp³-hybridized carbons (Fsp3) is 0.611. The molecule has 1 fully saturated rings. The minimum absolute atomic E-state index is 0.244. The van der Waals surface area contributed by atoms with Gasteiger partial charge in [0.1, 0.15) is 0 Å². The molecule has 6 heteroatoms. The molecule has 1 atom stereocenters. The van der Waals surface area contributed by atoms with Crippen molar-refractivity contribution in [3.05, 3.63) is 18.3 Å². The summed E-state index contributed by atoms with van der Waals surface area (Å²) in [6.07, 6.45) is 3.27. The first-order valence-electron chi connectivity index (χ1n) is 8.72. The van der Waals surface area contributed by atoms with Gasteiger partial charge in [0.25, 0.3) is 0 Å². The molecule has 24 heavy (non-hydrogen) atoms. The van der Waals surface area contributed by atoms with Crippen LogP contribution in [0.3, 0.4) is 0 Å². The van der Waals surface area contributed by atoms with Gasteiger partial charge in [0.05, 0.1) is 29.2 Å². The lowest BCUT2D eigenvalue weighted by molar-refractivity contribution is 0.202. The number of aromatic nitrogens is 2. The Bertz CT molecular complexity index is 747. The van der Waals surface area contributed by atoms with Gasteiger partial charge in [0, 0.05) is 25.5 Å². The van der Waals surface area contributed by atoms with Gasteiger partial charge in [-0.1, -0.05) is 20.8 Å². The molecule has 0 bridgehead atoms. The van der Waals surface area contributed by atoms with Gasteiger partial charge in [-0.3, -0.25) is 4.68 Å². The summed E-state index contributed by atoms with van der Waals surface area (Å²) < 4.78 is 8.45. The second kappa shape index (κ2) is 5.77. The number of benzene rings is 1. The molecule has 0 amide bonds. The van der Waals surface area contributed by atoms with Crippen LogP contribution in [-0.2, 0) is 11.5 Å². The Balaban J connectivity index is 1.77. The normalized spacial score (nSPS) is 19.4. The fourth-order valence-electron chi connectivity index (χ4n) is 3.11. The second-order valence-electron chi connectivity index (χ2n) is 8.47. The number of nitrogens with two attached hydrogens (primary N) is 1. The van der Waals surface area contributed by atoms with Crippen molar-refractivity contribution in [2.24, 2.45) is 7.05 Å². The Morgan fingerprint density at radius 2 is 2.00 bits per heavy atom. The van der Waals surface area contributed by atoms with Gasteiger partial charge in [0.15, 0.2) is 8.32 Å². The first kappa shape index (κ1) is 17.3. The number of nitrogen functional groups attached to an aromatic ring is 1. The van der Waals surface area contributed by atoms with Crippen molar-refractivity contribution in [3.63, 3.8) is 0 Å². The molecule has 0 saturated carbocycles. The summed E-state index contributed by atoms with van der Waals surface area (Å²) in [7, 11) is 0.219. The van der Waals surface area contributed by atoms with E-state index in [0.717, 1.165) is 41.8 Å². The van der Waals surface area contributed by atoms with E-state index in [1.165, 1.54) is 0 Å². The highest BCUT2D eigenvalue weighted by Gasteiger charge is 2.40. The highest BCUT2D eigenvalue weighted by molar-refractivity contribution is 6.74. The standard InChI is InChI=1S/C18H30N4OSi/c1-18(2,3)24(5,6)23-14-7-8-22(12-14)17-9-13-11-20-21(4)16(13)10-15(17)19/h9-11,14H,7-8,12,19H2,1-6H3/t14-/m0/s1. The zero-order valence-corrected chi connectivity index (χ0v) is 16.8. The van der Waals surface area contributed by atoms with Gasteiger partial charge in [-0.05, 0) is 36.7 Å². The van der Waals surface area contributed by atoms with E-state index in [1.807, 2.05) is 24.0 Å². The van der Waals surface area contributed by atoms with Crippen LogP contribution < -0.4 is 10.6 Å². The average Bonchev–Trinajstić information content (AvgIpc) is 3.04. The molecule has 2 aromatic rings. The topological polar surface area (TPSA) is 56.3 Å². The van der Waals surface area contributed by atoms with E-state index in [1.54, 1.807) is 0 Å². The summed E-state index contributed by atoms with van der Waals surface area (Å²) in [5.74, 6) is 0. The Labute approximate surface area is 145 Å². The molecule has 3 rings (SSSR count). The highest BCUT2D eigenvalue weighted by Crippen LogP contribution is 2.39. The minimum Gasteiger partial charge on any atom is -0.412 e. The largest absolute Gasteiger partial charge is 0.412 e. The van der Waals surface area contributed by atoms with Crippen molar-refractivity contribution in [3.8, 4) is 0 Å². The first-order valence-corrected chi connectivity index (χ1v) is 11.6. The summed E-state index contributed by atoms with van der Waals surface area (Å²) in [6.45, 7) is 13.4. The molecule has 0 aliphatic carbocycles. The van der Waals surface area contributed by atoms with Crippen LogP contribution in [0.25, 0.3) is 10.9 Å². The molecule has 0 unspecified atom stereocenters. The smallest absolute Gasteiger partial charge is 0.192 e. The Hall–Kier alpha value is -1.53. The van der Waals surface area contributed by atoms with E-state index in [-0.39, 0.29) is 5.04 Å². The Morgan fingerprint density at radius 1 is 1.29 bits per heavy atom. The SMILES string of the molecule is Cn1ncc2cc(N3CC[C@H](O[Si](C)(C)C(C)(C)C)C3)c(N)cc21. The lowest BCUT2D eigenvalue weighted by Crippen LogP contribution is -2.44. The van der Waals surface area contributed by atoms with Crippen LogP contribution in [0.15, 0.2) is 18.3 Å². The van der Waals surface area contributed by atoms with Crippen LogP contribution in [0.1, 0.15) is 27.2 Å². The zero-order chi connectivity index (χ0) is 17.7. The lowest BCUT2D eigenvalue weighted by atomic mass is 10.2. The van der Waals surface area contributed by atoms with Gasteiger partial charge in [-0.15, -0.1) is 0 Å². The summed E-state index contributed by atoms with van der Waals surface area (Å²) in [5.41, 5.74) is 9.32. The van der Waals surface area contributed by atoms with Crippen molar-refractivity contribution in [2.45, 2.75) is 51.4 Å². The van der Waals surface area contributed by atoms with Crippen molar-refractivity contribution in [1.29, 1.82) is 0 Å². The van der Waals surface area contributed by atoms with Gasteiger partial charge < -0.3 is 15.1 Å². The van der Waals surface area contributed by atoms with Crippen LogP contribution in [0.4, 0.5) is 11.4 Å². The molecule has 1 aliphatic heterocycles. The van der Waals surface area contributed by atoms with Gasteiger partial charge in [0.2, 0.25) is 0 Å². The molecule has 1 saturated heterocycles. The van der Waals surface area contributed by atoms with E-state index >= 15 is 0 Å². The van der Waals surface area contributed by atoms with E-state index < -0.39 is 8.32 Å². The maximum Gasteiger partial charge on any atom is 0.192 e. The van der Waals surface area contributed by atoms with Crippen LogP contribution in [-0.4, -0.2) is 37.3 Å². The van der Waals surface area contributed by atoms with E-state index in [9.17, 15) is 0 Å². The Kier molecular flexibility index (Phi) is 4.16. The van der Waals surface area contributed by atoms with Crippen LogP contribution in [0.2, 0.25) is 18.1 Å². The first-order chi connectivity index (χ1) is 11.1. The number of hydrogen-bond donors (Lipinski definition) is 1. The van der Waals surface area contributed by atoms with Gasteiger partial charge >= 0.3 is 0 Å². The van der Waals surface area contributed by atoms with Crippen molar-refractivity contribution >= 4 is 30.6 Å². The number of anilines is 2. The third-order valence-electron chi connectivity index (χ3n) is 5.65. The monoisotopic (exact) mass is 346 g/mol. The van der Waals surface area contributed by atoms with E-state index in [0.29, 0.717) is 6.10 Å². The lowest BCUT2D eigenvalue weighted by Gasteiger charge is -2.38. The predicted octanol–water partition coefficient (Wildman–Crippen LogP) is 3.76. The van der Waals surface area contributed by atoms with Crippen molar-refractivity contribution < 1.29 is 4.43 Å². The number of hydrogen-bond acceptors (Lipinski definition) is 4. The molecular formula is C18H30N4OSi. The van der Waals surface area contributed by atoms with E-state index in [2.05, 4.69) is 49.9 Å². The average molecular weight is 347 g/mol. The molecule has 132 valence electrons. The molecule has 0 spiro atoms. The number of nitrogens with zero attached hydrogens (tertiary/aromatic N) is 3. The third kappa shape index (κ3) is 3.05. The van der Waals surface area contributed by atoms with Crippen LogP contribution in [0.5, 0.6) is 0 Å². The maximum atomic E-state index is 6.59. The molecule has 5 nitrogen and oxygen atoms in total. The summed E-state index contributed by atoms with van der Waals surface area (Å²) in [4.78, 5) is 2.36. The molecule has 1 aromatic carbocycles. The predicted molar refractivity (Wildman–Crippen MR) is 104 cm³/mol. The van der Waals surface area contributed by atoms with E-state index in [4.69, 9.17) is 10.2 Å². The molecule has 1 aromatic heterocycles. The zero-order valence-electron chi connectivity index (χ0n) is 15.8. The summed E-state index contributed by atoms with van der Waals surface area (Å²) >= 11 is 0. The van der Waals surface area contributed by atoms with Crippen LogP contribution in [0, 0.1) is 0 Å². The molecule has 0 radical (unpaired) electrons. The van der Waals surface area contributed by atoms with Crippen molar-refractivity contribution in [1.82, 2.24) is 9.78 Å². The molecule has 2 N–H and O–H groups in total. The fourth-order valence-corrected chi connectivity index (χ4v) is 4.49. The highest BCUT2D eigenvalue weighted by atomic mass is 28.4. The van der Waals surface area contributed by atoms with Crippen molar-refractivity contribution in [2.75, 3.05) is 23.7 Å². The van der Waals surface area contributed by atoms with Gasteiger partial charge in [-0.2, -0.15) is 5.10 Å². The second-order valence-corrected chi connectivity index (χ2v) is 13.2. The minimum atomic E-state index is -1.73. The molecule has 2 heterocycles. The summed E-state index contributed by atoms with van der Waals surface area (Å²) in [5, 5.41) is 5.70. The van der Waals surface area contributed by atoms with Crippen LogP contribution >= 0.6 is 0 Å². The number of aryl methyl sites for hydroxylation is 1. The number of rotatable bonds is 3. The quantitative estimate of drug-likeness (QED) is 0.679. The summed E-state index contributed by atoms with van der Waals surface area (Å²) in [6, 6.07) is 4.19. The molecule has 1 aliphatic rings. The Morgan fingerprint density at radius 3 is 2.67 bits per heavy atom.